The molecule has 0 fully saturated rings. The van der Waals surface area contributed by atoms with Gasteiger partial charge in [-0.05, 0) is 25.6 Å². The summed E-state index contributed by atoms with van der Waals surface area (Å²) in [5.74, 6) is -0.123. The minimum absolute atomic E-state index is 0.123. The van der Waals surface area contributed by atoms with Gasteiger partial charge in [0, 0.05) is 16.1 Å². The van der Waals surface area contributed by atoms with E-state index in [-0.39, 0.29) is 11.9 Å². The molecule has 0 aromatic heterocycles. The highest BCUT2D eigenvalue weighted by Gasteiger charge is 2.13. The van der Waals surface area contributed by atoms with Gasteiger partial charge in [0.15, 0.2) is 0 Å². The van der Waals surface area contributed by atoms with Crippen LogP contribution in [0.2, 0.25) is 0 Å². The second-order valence-electron chi connectivity index (χ2n) is 5.42. The summed E-state index contributed by atoms with van der Waals surface area (Å²) in [5.41, 5.74) is 0.779. The molecule has 0 saturated heterocycles. The van der Waals surface area contributed by atoms with Gasteiger partial charge in [-0.3, -0.25) is 0 Å². The Kier molecular flexibility index (Phi) is 9.12. The van der Waals surface area contributed by atoms with Crippen molar-refractivity contribution in [2.24, 2.45) is 0 Å². The number of hydrogen-bond donors (Lipinski definition) is 1. The molecule has 0 heterocycles. The molecule has 1 N–H and O–H groups in total. The number of benzene rings is 1. The Balaban J connectivity index is 2.32. The van der Waals surface area contributed by atoms with E-state index < -0.39 is 0 Å². The van der Waals surface area contributed by atoms with Crippen LogP contribution in [0.15, 0.2) is 22.7 Å². The number of rotatable bonds is 10. The SMILES string of the molecule is CCCCCCCCCC(NC)c1ccc(Br)cc1F. The van der Waals surface area contributed by atoms with Crippen molar-refractivity contribution in [1.82, 2.24) is 5.32 Å². The minimum atomic E-state index is -0.123. The Morgan fingerprint density at radius 1 is 1.10 bits per heavy atom. The molecule has 1 rings (SSSR count). The maximum absolute atomic E-state index is 13.9. The molecule has 1 atom stereocenters. The third kappa shape index (κ3) is 6.36. The van der Waals surface area contributed by atoms with Crippen LogP contribution in [0.25, 0.3) is 0 Å². The van der Waals surface area contributed by atoms with Gasteiger partial charge in [0.2, 0.25) is 0 Å². The zero-order chi connectivity index (χ0) is 14.8. The van der Waals surface area contributed by atoms with E-state index in [4.69, 9.17) is 0 Å². The van der Waals surface area contributed by atoms with Crippen LogP contribution in [0.4, 0.5) is 4.39 Å². The van der Waals surface area contributed by atoms with Gasteiger partial charge in [0.1, 0.15) is 5.82 Å². The van der Waals surface area contributed by atoms with Gasteiger partial charge >= 0.3 is 0 Å². The highest BCUT2D eigenvalue weighted by Crippen LogP contribution is 2.25. The lowest BCUT2D eigenvalue weighted by Gasteiger charge is -2.17. The molecule has 0 bridgehead atoms. The van der Waals surface area contributed by atoms with Crippen LogP contribution in [-0.2, 0) is 0 Å². The molecular formula is C17H27BrFN. The summed E-state index contributed by atoms with van der Waals surface area (Å²) in [5, 5.41) is 3.23. The summed E-state index contributed by atoms with van der Waals surface area (Å²) in [6.07, 6.45) is 10.1. The van der Waals surface area contributed by atoms with Gasteiger partial charge in [0.05, 0.1) is 0 Å². The van der Waals surface area contributed by atoms with Crippen molar-refractivity contribution >= 4 is 15.9 Å². The fraction of sp³-hybridized carbons (Fsp3) is 0.647. The zero-order valence-electron chi connectivity index (χ0n) is 12.7. The largest absolute Gasteiger partial charge is 0.313 e. The summed E-state index contributed by atoms with van der Waals surface area (Å²) >= 11 is 3.30. The Morgan fingerprint density at radius 2 is 1.75 bits per heavy atom. The second kappa shape index (κ2) is 10.3. The van der Waals surface area contributed by atoms with Crippen molar-refractivity contribution in [2.75, 3.05) is 7.05 Å². The second-order valence-corrected chi connectivity index (χ2v) is 6.33. The predicted molar refractivity (Wildman–Crippen MR) is 88.5 cm³/mol. The highest BCUT2D eigenvalue weighted by atomic mass is 79.9. The standard InChI is InChI=1S/C17H27BrFN/c1-3-4-5-6-7-8-9-10-17(20-2)15-12-11-14(18)13-16(15)19/h11-13,17,20H,3-10H2,1-2H3. The zero-order valence-corrected chi connectivity index (χ0v) is 14.3. The smallest absolute Gasteiger partial charge is 0.129 e. The molecular weight excluding hydrogens is 317 g/mol. The van der Waals surface area contributed by atoms with Crippen LogP contribution in [0, 0.1) is 5.82 Å². The van der Waals surface area contributed by atoms with Crippen molar-refractivity contribution in [3.05, 3.63) is 34.1 Å². The number of unbranched alkanes of at least 4 members (excludes halogenated alkanes) is 6. The minimum Gasteiger partial charge on any atom is -0.313 e. The molecule has 0 aliphatic rings. The third-order valence-electron chi connectivity index (χ3n) is 3.78. The Morgan fingerprint density at radius 3 is 2.35 bits per heavy atom. The van der Waals surface area contributed by atoms with E-state index in [1.54, 1.807) is 6.07 Å². The van der Waals surface area contributed by atoms with Gasteiger partial charge < -0.3 is 5.32 Å². The maximum Gasteiger partial charge on any atom is 0.129 e. The normalized spacial score (nSPS) is 12.6. The number of hydrogen-bond acceptors (Lipinski definition) is 1. The fourth-order valence-electron chi connectivity index (χ4n) is 2.55. The molecule has 1 aromatic carbocycles. The summed E-state index contributed by atoms with van der Waals surface area (Å²) in [7, 11) is 1.91. The monoisotopic (exact) mass is 343 g/mol. The van der Waals surface area contributed by atoms with E-state index in [9.17, 15) is 4.39 Å². The molecule has 0 radical (unpaired) electrons. The van der Waals surface area contributed by atoms with Gasteiger partial charge in [-0.25, -0.2) is 4.39 Å². The van der Waals surface area contributed by atoms with E-state index in [0.29, 0.717) is 0 Å². The summed E-state index contributed by atoms with van der Waals surface area (Å²) in [6.45, 7) is 2.24. The first-order chi connectivity index (χ1) is 9.69. The lowest BCUT2D eigenvalue weighted by atomic mass is 9.99. The lowest BCUT2D eigenvalue weighted by molar-refractivity contribution is 0.475. The Bertz CT molecular complexity index is 381. The molecule has 3 heteroatoms. The molecule has 0 saturated carbocycles. The first-order valence-electron chi connectivity index (χ1n) is 7.81. The van der Waals surface area contributed by atoms with E-state index in [1.807, 2.05) is 19.2 Å². The number of halogens is 2. The molecule has 0 amide bonds. The average Bonchev–Trinajstić information content (AvgIpc) is 2.43. The molecule has 0 spiro atoms. The average molecular weight is 344 g/mol. The molecule has 20 heavy (non-hydrogen) atoms. The van der Waals surface area contributed by atoms with Crippen LogP contribution in [-0.4, -0.2) is 7.05 Å². The molecule has 114 valence electrons. The first kappa shape index (κ1) is 17.6. The van der Waals surface area contributed by atoms with E-state index in [0.717, 1.165) is 22.9 Å². The fourth-order valence-corrected chi connectivity index (χ4v) is 2.88. The summed E-state index contributed by atoms with van der Waals surface area (Å²) in [6, 6.07) is 5.46. The molecule has 1 unspecified atom stereocenters. The van der Waals surface area contributed by atoms with Crippen molar-refractivity contribution in [3.63, 3.8) is 0 Å². The molecule has 0 aliphatic heterocycles. The Hall–Kier alpha value is -0.410. The third-order valence-corrected chi connectivity index (χ3v) is 4.28. The highest BCUT2D eigenvalue weighted by molar-refractivity contribution is 9.10. The van der Waals surface area contributed by atoms with Crippen LogP contribution < -0.4 is 5.32 Å². The molecule has 1 aromatic rings. The van der Waals surface area contributed by atoms with Crippen molar-refractivity contribution in [1.29, 1.82) is 0 Å². The van der Waals surface area contributed by atoms with Crippen molar-refractivity contribution in [3.8, 4) is 0 Å². The van der Waals surface area contributed by atoms with Crippen LogP contribution in [0.5, 0.6) is 0 Å². The van der Waals surface area contributed by atoms with Crippen LogP contribution >= 0.6 is 15.9 Å². The molecule has 0 aliphatic carbocycles. The lowest BCUT2D eigenvalue weighted by Crippen LogP contribution is -2.17. The van der Waals surface area contributed by atoms with Gasteiger partial charge in [-0.2, -0.15) is 0 Å². The molecule has 1 nitrogen and oxygen atoms in total. The maximum atomic E-state index is 13.9. The van der Waals surface area contributed by atoms with Crippen LogP contribution in [0.3, 0.4) is 0 Å². The van der Waals surface area contributed by atoms with E-state index in [1.165, 1.54) is 38.5 Å². The topological polar surface area (TPSA) is 12.0 Å². The Labute approximate surface area is 131 Å². The van der Waals surface area contributed by atoms with Crippen molar-refractivity contribution in [2.45, 2.75) is 64.3 Å². The summed E-state index contributed by atoms with van der Waals surface area (Å²) < 4.78 is 14.7. The van der Waals surface area contributed by atoms with Crippen molar-refractivity contribution < 1.29 is 4.39 Å². The van der Waals surface area contributed by atoms with E-state index in [2.05, 4.69) is 28.2 Å². The number of nitrogens with one attached hydrogen (secondary N) is 1. The quantitative estimate of drug-likeness (QED) is 0.514. The van der Waals surface area contributed by atoms with Gasteiger partial charge in [0.25, 0.3) is 0 Å². The first-order valence-corrected chi connectivity index (χ1v) is 8.60. The summed E-state index contributed by atoms with van der Waals surface area (Å²) in [4.78, 5) is 0. The van der Waals surface area contributed by atoms with Crippen LogP contribution in [0.1, 0.15) is 69.9 Å². The van der Waals surface area contributed by atoms with E-state index >= 15 is 0 Å². The van der Waals surface area contributed by atoms with Gasteiger partial charge in [-0.15, -0.1) is 0 Å². The van der Waals surface area contributed by atoms with Gasteiger partial charge in [-0.1, -0.05) is 73.9 Å². The predicted octanol–water partition coefficient (Wildman–Crippen LogP) is 5.99.